The van der Waals surface area contributed by atoms with Crippen LogP contribution in [-0.4, -0.2) is 82.7 Å². The van der Waals surface area contributed by atoms with E-state index in [4.69, 9.17) is 9.47 Å². The molecule has 1 aromatic carbocycles. The fourth-order valence-electron chi connectivity index (χ4n) is 6.20. The van der Waals surface area contributed by atoms with Crippen LogP contribution in [0.3, 0.4) is 0 Å². The third-order valence-electron chi connectivity index (χ3n) is 8.12. The number of hydrogen-bond donors (Lipinski definition) is 0. The fourth-order valence-corrected chi connectivity index (χ4v) is 6.20. The molecule has 0 radical (unpaired) electrons. The zero-order valence-corrected chi connectivity index (χ0v) is 21.8. The molecule has 0 bridgehead atoms. The number of ether oxygens (including phenoxy) is 2. The highest BCUT2D eigenvalue weighted by molar-refractivity contribution is 6.03. The van der Waals surface area contributed by atoms with Gasteiger partial charge in [0.1, 0.15) is 5.82 Å². The molecular formula is C29H35FN4O3. The summed E-state index contributed by atoms with van der Waals surface area (Å²) in [5.41, 5.74) is 5.23. The van der Waals surface area contributed by atoms with Gasteiger partial charge in [0, 0.05) is 49.4 Å². The van der Waals surface area contributed by atoms with Crippen LogP contribution in [0.2, 0.25) is 0 Å². The number of likely N-dealkylation sites (tertiary alicyclic amines) is 1. The normalized spacial score (nSPS) is 24.8. The van der Waals surface area contributed by atoms with Crippen LogP contribution in [0.5, 0.6) is 0 Å². The summed E-state index contributed by atoms with van der Waals surface area (Å²) in [6.45, 7) is 11.0. The molecule has 1 unspecified atom stereocenters. The van der Waals surface area contributed by atoms with Crippen LogP contribution < -0.4 is 0 Å². The molecule has 3 fully saturated rings. The van der Waals surface area contributed by atoms with Gasteiger partial charge < -0.3 is 23.7 Å². The molecule has 0 spiro atoms. The number of carbonyl (C=O) groups is 1. The summed E-state index contributed by atoms with van der Waals surface area (Å²) in [5.74, 6) is -0.00108. The van der Waals surface area contributed by atoms with Gasteiger partial charge in [-0.1, -0.05) is 6.07 Å². The number of morpholine rings is 1. The third-order valence-corrected chi connectivity index (χ3v) is 8.12. The molecule has 0 N–H and O–H groups in total. The first-order valence-electron chi connectivity index (χ1n) is 13.4. The molecule has 2 aromatic heterocycles. The van der Waals surface area contributed by atoms with E-state index in [-0.39, 0.29) is 18.0 Å². The number of hydrogen-bond acceptors (Lipinski definition) is 5. The summed E-state index contributed by atoms with van der Waals surface area (Å²) < 4.78 is 28.0. The van der Waals surface area contributed by atoms with Gasteiger partial charge in [-0.2, -0.15) is 0 Å². The average molecular weight is 507 g/mol. The summed E-state index contributed by atoms with van der Waals surface area (Å²) in [6.07, 6.45) is 6.23. The highest BCUT2D eigenvalue weighted by Gasteiger charge is 2.34. The molecule has 3 saturated heterocycles. The second-order valence-electron chi connectivity index (χ2n) is 11.0. The number of rotatable bonds is 6. The maximum Gasteiger partial charge on any atom is 0.255 e. The van der Waals surface area contributed by atoms with Crippen molar-refractivity contribution in [2.75, 3.05) is 39.5 Å². The molecule has 6 rings (SSSR count). The minimum atomic E-state index is -0.413. The topological polar surface area (TPSA) is 59.3 Å². The van der Waals surface area contributed by atoms with Crippen molar-refractivity contribution in [3.63, 3.8) is 0 Å². The summed E-state index contributed by atoms with van der Waals surface area (Å²) >= 11 is 0. The minimum absolute atomic E-state index is 0.0791. The van der Waals surface area contributed by atoms with Gasteiger partial charge in [-0.3, -0.25) is 9.78 Å². The largest absolute Gasteiger partial charge is 0.377 e. The highest BCUT2D eigenvalue weighted by Crippen LogP contribution is 2.35. The van der Waals surface area contributed by atoms with Crippen LogP contribution in [0, 0.1) is 18.7 Å². The Bertz CT molecular complexity index is 1300. The molecule has 3 aromatic rings. The van der Waals surface area contributed by atoms with Gasteiger partial charge in [-0.05, 0) is 63.3 Å². The third kappa shape index (κ3) is 4.56. The van der Waals surface area contributed by atoms with Crippen molar-refractivity contribution in [3.05, 3.63) is 59.4 Å². The molecule has 0 saturated carbocycles. The molecule has 3 aliphatic heterocycles. The van der Waals surface area contributed by atoms with E-state index in [0.717, 1.165) is 55.0 Å². The van der Waals surface area contributed by atoms with Crippen LogP contribution in [-0.2, 0) is 15.9 Å². The molecule has 5 heterocycles. The molecule has 196 valence electrons. The van der Waals surface area contributed by atoms with Crippen LogP contribution in [0.15, 0.2) is 36.7 Å². The zero-order valence-electron chi connectivity index (χ0n) is 21.8. The minimum Gasteiger partial charge on any atom is -0.377 e. The smallest absolute Gasteiger partial charge is 0.255 e. The van der Waals surface area contributed by atoms with Crippen LogP contribution >= 0.6 is 0 Å². The first-order valence-corrected chi connectivity index (χ1v) is 13.4. The van der Waals surface area contributed by atoms with Gasteiger partial charge in [0.15, 0.2) is 0 Å². The number of halogens is 1. The predicted octanol–water partition coefficient (Wildman–Crippen LogP) is 3.96. The van der Waals surface area contributed by atoms with Crippen molar-refractivity contribution in [1.82, 2.24) is 19.2 Å². The quantitative estimate of drug-likeness (QED) is 0.507. The average Bonchev–Trinajstić information content (AvgIpc) is 3.18. The lowest BCUT2D eigenvalue weighted by Crippen LogP contribution is -2.52. The number of amides is 1. The van der Waals surface area contributed by atoms with Gasteiger partial charge in [0.2, 0.25) is 0 Å². The van der Waals surface area contributed by atoms with Gasteiger partial charge in [0.05, 0.1) is 48.7 Å². The van der Waals surface area contributed by atoms with E-state index < -0.39 is 5.82 Å². The SMILES string of the molecule is Cc1cncc2c(-c3ccc(F)cc3C(=O)N3[C@H](C)COC[C@H]3C)cc(CC3CN(CC4CCO4)C3)n12. The highest BCUT2D eigenvalue weighted by atomic mass is 19.1. The standard InChI is InChI=1S/C29H35FN4O3/c1-18-11-31-12-28-26(10-23(34(18)28)8-21-13-32(14-21)15-24-6-7-37-24)25-5-4-22(30)9-27(25)29(35)33-19(2)16-36-17-20(33)3/h4-5,9-12,19-21,24H,6-8,13-17H2,1-3H3/t19-,20-,24?/m1/s1. The van der Waals surface area contributed by atoms with E-state index >= 15 is 0 Å². The molecule has 1 amide bonds. The molecular weight excluding hydrogens is 471 g/mol. The van der Waals surface area contributed by atoms with E-state index in [1.807, 2.05) is 31.1 Å². The Labute approximate surface area is 217 Å². The molecule has 3 aliphatic rings. The Balaban J connectivity index is 1.34. The Morgan fingerprint density at radius 2 is 1.86 bits per heavy atom. The van der Waals surface area contributed by atoms with Crippen molar-refractivity contribution >= 4 is 11.4 Å². The van der Waals surface area contributed by atoms with E-state index in [9.17, 15) is 9.18 Å². The Morgan fingerprint density at radius 1 is 1.11 bits per heavy atom. The van der Waals surface area contributed by atoms with Gasteiger partial charge in [-0.15, -0.1) is 0 Å². The van der Waals surface area contributed by atoms with E-state index in [1.165, 1.54) is 24.2 Å². The molecule has 37 heavy (non-hydrogen) atoms. The Morgan fingerprint density at radius 3 is 2.57 bits per heavy atom. The Hall–Kier alpha value is -2.81. The van der Waals surface area contributed by atoms with Gasteiger partial charge >= 0.3 is 0 Å². The first-order chi connectivity index (χ1) is 17.9. The fraction of sp³-hybridized carbons (Fsp3) is 0.517. The van der Waals surface area contributed by atoms with Crippen molar-refractivity contribution < 1.29 is 18.7 Å². The van der Waals surface area contributed by atoms with Gasteiger partial charge in [-0.25, -0.2) is 4.39 Å². The Kier molecular flexibility index (Phi) is 6.51. The number of aryl methyl sites for hydroxylation is 1. The summed E-state index contributed by atoms with van der Waals surface area (Å²) in [7, 11) is 0. The lowest BCUT2D eigenvalue weighted by molar-refractivity contribution is -0.0818. The molecule has 0 aliphatic carbocycles. The number of nitrogens with zero attached hydrogens (tertiary/aromatic N) is 4. The van der Waals surface area contributed by atoms with Crippen LogP contribution in [0.1, 0.15) is 42.0 Å². The lowest BCUT2D eigenvalue weighted by atomic mass is 9.93. The number of aromatic nitrogens is 2. The molecule has 8 heteroatoms. The van der Waals surface area contributed by atoms with Crippen molar-refractivity contribution in [2.45, 2.75) is 51.8 Å². The molecule has 7 nitrogen and oxygen atoms in total. The number of benzene rings is 1. The first kappa shape index (κ1) is 24.5. The summed E-state index contributed by atoms with van der Waals surface area (Å²) in [4.78, 5) is 22.6. The van der Waals surface area contributed by atoms with Crippen molar-refractivity contribution in [2.24, 2.45) is 5.92 Å². The van der Waals surface area contributed by atoms with E-state index in [1.54, 1.807) is 6.07 Å². The van der Waals surface area contributed by atoms with Crippen LogP contribution in [0.25, 0.3) is 16.6 Å². The van der Waals surface area contributed by atoms with Crippen molar-refractivity contribution in [3.8, 4) is 11.1 Å². The number of fused-ring (bicyclic) bond motifs is 1. The second-order valence-corrected chi connectivity index (χ2v) is 11.0. The van der Waals surface area contributed by atoms with Crippen molar-refractivity contribution in [1.29, 1.82) is 0 Å². The molecule has 3 atom stereocenters. The predicted molar refractivity (Wildman–Crippen MR) is 139 cm³/mol. The van der Waals surface area contributed by atoms with E-state index in [0.29, 0.717) is 30.8 Å². The summed E-state index contributed by atoms with van der Waals surface area (Å²) in [6, 6.07) is 6.58. The second kappa shape index (κ2) is 9.82. The lowest BCUT2D eigenvalue weighted by Gasteiger charge is -2.42. The van der Waals surface area contributed by atoms with Gasteiger partial charge in [0.25, 0.3) is 5.91 Å². The number of carbonyl (C=O) groups excluding carboxylic acids is 1. The maximum absolute atomic E-state index is 14.5. The monoisotopic (exact) mass is 506 g/mol. The summed E-state index contributed by atoms with van der Waals surface area (Å²) in [5, 5.41) is 0. The van der Waals surface area contributed by atoms with Crippen LogP contribution in [0.4, 0.5) is 4.39 Å². The maximum atomic E-state index is 14.5. The zero-order chi connectivity index (χ0) is 25.7. The van der Waals surface area contributed by atoms with E-state index in [2.05, 4.69) is 27.3 Å².